The number of rotatable bonds is 6. The largest absolute Gasteiger partial charge is 0.370 e. The number of benzene rings is 1. The molecule has 0 aliphatic carbocycles. The van der Waals surface area contributed by atoms with Gasteiger partial charge in [0.05, 0.1) is 0 Å². The Hall–Kier alpha value is -1.66. The van der Waals surface area contributed by atoms with Crippen LogP contribution < -0.4 is 16.4 Å². The maximum atomic E-state index is 5.49. The van der Waals surface area contributed by atoms with Crippen molar-refractivity contribution in [2.24, 2.45) is 5.73 Å². The topological polar surface area (TPSA) is 75.9 Å². The molecule has 5 nitrogen and oxygen atoms in total. The van der Waals surface area contributed by atoms with Gasteiger partial charge in [0, 0.05) is 28.5 Å². The Kier molecular flexibility index (Phi) is 5.31. The van der Waals surface area contributed by atoms with Gasteiger partial charge in [-0.15, -0.1) is 0 Å². The summed E-state index contributed by atoms with van der Waals surface area (Å²) in [5, 5.41) is 6.45. The van der Waals surface area contributed by atoms with Gasteiger partial charge in [-0.05, 0) is 44.2 Å². The van der Waals surface area contributed by atoms with Gasteiger partial charge in [0.15, 0.2) is 0 Å². The van der Waals surface area contributed by atoms with Gasteiger partial charge < -0.3 is 16.4 Å². The third-order valence-electron chi connectivity index (χ3n) is 2.75. The second-order valence-corrected chi connectivity index (χ2v) is 5.34. The lowest BCUT2D eigenvalue weighted by Crippen LogP contribution is -2.11. The molecule has 0 radical (unpaired) electrons. The number of nitrogens with one attached hydrogen (secondary N) is 2. The predicted octanol–water partition coefficient (Wildman–Crippen LogP) is 3.05. The van der Waals surface area contributed by atoms with E-state index in [1.54, 1.807) is 6.20 Å². The molecular formula is C14H18BrN5. The smallest absolute Gasteiger partial charge is 0.229 e. The summed E-state index contributed by atoms with van der Waals surface area (Å²) in [4.78, 5) is 8.76. The number of hydrogen-bond donors (Lipinski definition) is 3. The zero-order valence-corrected chi connectivity index (χ0v) is 12.9. The summed E-state index contributed by atoms with van der Waals surface area (Å²) in [5.74, 6) is 1.42. The summed E-state index contributed by atoms with van der Waals surface area (Å²) in [6.07, 6.45) is 2.72. The van der Waals surface area contributed by atoms with Gasteiger partial charge in [0.25, 0.3) is 0 Å². The molecular weight excluding hydrogens is 318 g/mol. The number of nitrogens with two attached hydrogens (primary N) is 1. The quantitative estimate of drug-likeness (QED) is 0.707. The molecule has 0 atom stereocenters. The van der Waals surface area contributed by atoms with E-state index in [2.05, 4.69) is 36.5 Å². The second kappa shape index (κ2) is 7.21. The van der Waals surface area contributed by atoms with Gasteiger partial charge in [-0.1, -0.05) is 15.9 Å². The second-order valence-electron chi connectivity index (χ2n) is 4.43. The number of halogens is 1. The molecule has 106 valence electrons. The van der Waals surface area contributed by atoms with Crippen LogP contribution in [0.5, 0.6) is 0 Å². The molecule has 0 spiro atoms. The summed E-state index contributed by atoms with van der Waals surface area (Å²) in [6.45, 7) is 3.46. The van der Waals surface area contributed by atoms with E-state index in [9.17, 15) is 0 Å². The van der Waals surface area contributed by atoms with Crippen molar-refractivity contribution in [1.29, 1.82) is 0 Å². The van der Waals surface area contributed by atoms with Crippen LogP contribution in [0.25, 0.3) is 0 Å². The highest BCUT2D eigenvalue weighted by molar-refractivity contribution is 9.10. The molecule has 0 unspecified atom stereocenters. The minimum absolute atomic E-state index is 0.577. The van der Waals surface area contributed by atoms with Gasteiger partial charge in [-0.3, -0.25) is 0 Å². The molecule has 0 aliphatic rings. The standard InChI is InChI=1S/C14H18BrN5/c1-10-9-18-14(20-13(10)17-8-2-7-16)19-12-5-3-11(15)4-6-12/h3-6,9H,2,7-8,16H2,1H3,(H2,17,18,19,20). The fourth-order valence-electron chi connectivity index (χ4n) is 1.65. The molecule has 0 aliphatic heterocycles. The first kappa shape index (κ1) is 14.7. The van der Waals surface area contributed by atoms with Crippen molar-refractivity contribution in [1.82, 2.24) is 9.97 Å². The summed E-state index contributed by atoms with van der Waals surface area (Å²) < 4.78 is 1.04. The van der Waals surface area contributed by atoms with Gasteiger partial charge in [0.2, 0.25) is 5.95 Å². The molecule has 0 saturated heterocycles. The van der Waals surface area contributed by atoms with E-state index in [1.165, 1.54) is 0 Å². The van der Waals surface area contributed by atoms with Gasteiger partial charge in [-0.25, -0.2) is 4.98 Å². The zero-order chi connectivity index (χ0) is 14.4. The first-order valence-electron chi connectivity index (χ1n) is 6.49. The van der Waals surface area contributed by atoms with Crippen LogP contribution in [0, 0.1) is 6.92 Å². The van der Waals surface area contributed by atoms with E-state index in [1.807, 2.05) is 31.2 Å². The van der Waals surface area contributed by atoms with Crippen LogP contribution in [-0.2, 0) is 0 Å². The fourth-order valence-corrected chi connectivity index (χ4v) is 1.92. The maximum Gasteiger partial charge on any atom is 0.229 e. The average Bonchev–Trinajstić information content (AvgIpc) is 2.45. The van der Waals surface area contributed by atoms with Crippen molar-refractivity contribution in [3.8, 4) is 0 Å². The lowest BCUT2D eigenvalue weighted by molar-refractivity contribution is 0.867. The van der Waals surface area contributed by atoms with Crippen LogP contribution in [0.2, 0.25) is 0 Å². The van der Waals surface area contributed by atoms with E-state index in [0.717, 1.165) is 34.5 Å². The fraction of sp³-hybridized carbons (Fsp3) is 0.286. The van der Waals surface area contributed by atoms with Crippen LogP contribution in [0.15, 0.2) is 34.9 Å². The van der Waals surface area contributed by atoms with E-state index in [-0.39, 0.29) is 0 Å². The monoisotopic (exact) mass is 335 g/mol. The third kappa shape index (κ3) is 4.18. The minimum Gasteiger partial charge on any atom is -0.370 e. The zero-order valence-electron chi connectivity index (χ0n) is 11.4. The first-order chi connectivity index (χ1) is 9.69. The highest BCUT2D eigenvalue weighted by Gasteiger charge is 2.03. The normalized spacial score (nSPS) is 10.3. The Balaban J connectivity index is 2.08. The van der Waals surface area contributed by atoms with E-state index < -0.39 is 0 Å². The van der Waals surface area contributed by atoms with Gasteiger partial charge in [-0.2, -0.15) is 4.98 Å². The average molecular weight is 336 g/mol. The lowest BCUT2D eigenvalue weighted by atomic mass is 10.3. The van der Waals surface area contributed by atoms with Gasteiger partial charge >= 0.3 is 0 Å². The van der Waals surface area contributed by atoms with Crippen molar-refractivity contribution in [3.63, 3.8) is 0 Å². The molecule has 1 heterocycles. The van der Waals surface area contributed by atoms with Crippen LogP contribution in [0.4, 0.5) is 17.5 Å². The van der Waals surface area contributed by atoms with E-state index in [0.29, 0.717) is 12.5 Å². The van der Waals surface area contributed by atoms with Gasteiger partial charge in [0.1, 0.15) is 5.82 Å². The Labute approximate surface area is 127 Å². The highest BCUT2D eigenvalue weighted by Crippen LogP contribution is 2.19. The highest BCUT2D eigenvalue weighted by atomic mass is 79.9. The summed E-state index contributed by atoms with van der Waals surface area (Å²) in [7, 11) is 0. The van der Waals surface area contributed by atoms with Crippen LogP contribution in [0.1, 0.15) is 12.0 Å². The molecule has 1 aromatic carbocycles. The number of nitrogens with zero attached hydrogens (tertiary/aromatic N) is 2. The molecule has 20 heavy (non-hydrogen) atoms. The van der Waals surface area contributed by atoms with E-state index in [4.69, 9.17) is 5.73 Å². The molecule has 0 fully saturated rings. The molecule has 2 aromatic rings. The minimum atomic E-state index is 0.577. The molecule has 1 aromatic heterocycles. The molecule has 0 amide bonds. The molecule has 2 rings (SSSR count). The molecule has 0 bridgehead atoms. The van der Waals surface area contributed by atoms with Crippen molar-refractivity contribution >= 4 is 33.4 Å². The Morgan fingerprint density at radius 1 is 1.25 bits per heavy atom. The first-order valence-corrected chi connectivity index (χ1v) is 7.28. The van der Waals surface area contributed by atoms with Crippen molar-refractivity contribution in [3.05, 3.63) is 40.5 Å². The lowest BCUT2D eigenvalue weighted by Gasteiger charge is -2.10. The SMILES string of the molecule is Cc1cnc(Nc2ccc(Br)cc2)nc1NCCCN. The van der Waals surface area contributed by atoms with E-state index >= 15 is 0 Å². The van der Waals surface area contributed by atoms with Crippen molar-refractivity contribution in [2.75, 3.05) is 23.7 Å². The number of hydrogen-bond acceptors (Lipinski definition) is 5. The number of aromatic nitrogens is 2. The number of anilines is 3. The number of aryl methyl sites for hydroxylation is 1. The maximum absolute atomic E-state index is 5.49. The predicted molar refractivity (Wildman–Crippen MR) is 86.4 cm³/mol. The van der Waals surface area contributed by atoms with Crippen LogP contribution >= 0.6 is 15.9 Å². The van der Waals surface area contributed by atoms with Crippen molar-refractivity contribution in [2.45, 2.75) is 13.3 Å². The Bertz CT molecular complexity index is 556. The summed E-state index contributed by atoms with van der Waals surface area (Å²) >= 11 is 3.41. The molecule has 0 saturated carbocycles. The van der Waals surface area contributed by atoms with Crippen molar-refractivity contribution < 1.29 is 0 Å². The Morgan fingerprint density at radius 3 is 2.70 bits per heavy atom. The van der Waals surface area contributed by atoms with Crippen LogP contribution in [-0.4, -0.2) is 23.1 Å². The summed E-state index contributed by atoms with van der Waals surface area (Å²) in [5.41, 5.74) is 7.45. The molecule has 4 N–H and O–H groups in total. The Morgan fingerprint density at radius 2 is 2.00 bits per heavy atom. The third-order valence-corrected chi connectivity index (χ3v) is 3.27. The summed E-state index contributed by atoms with van der Waals surface area (Å²) in [6, 6.07) is 7.87. The van der Waals surface area contributed by atoms with Crippen LogP contribution in [0.3, 0.4) is 0 Å². The molecule has 6 heteroatoms.